The summed E-state index contributed by atoms with van der Waals surface area (Å²) in [6.45, 7) is 1.99. The molecule has 6 heteroatoms. The average molecular weight is 274 g/mol. The molecule has 0 aliphatic heterocycles. The van der Waals surface area contributed by atoms with Gasteiger partial charge in [-0.1, -0.05) is 6.07 Å². The molecule has 2 heterocycles. The SMILES string of the molecule is Cc1ccc2oc(Cc3nc(C(=O)O)cs3)nc2c1. The first-order valence-corrected chi connectivity index (χ1v) is 6.53. The Bertz CT molecular complexity index is 760. The van der Waals surface area contributed by atoms with Gasteiger partial charge in [-0.05, 0) is 24.6 Å². The summed E-state index contributed by atoms with van der Waals surface area (Å²) in [4.78, 5) is 19.1. The number of thiazole rings is 1. The van der Waals surface area contributed by atoms with Crippen molar-refractivity contribution in [3.63, 3.8) is 0 Å². The molecule has 0 aliphatic carbocycles. The summed E-state index contributed by atoms with van der Waals surface area (Å²) >= 11 is 1.29. The van der Waals surface area contributed by atoms with Gasteiger partial charge in [0.15, 0.2) is 11.3 Å². The maximum absolute atomic E-state index is 10.8. The van der Waals surface area contributed by atoms with E-state index in [0.717, 1.165) is 16.7 Å². The van der Waals surface area contributed by atoms with Crippen molar-refractivity contribution in [2.45, 2.75) is 13.3 Å². The molecular formula is C13H10N2O3S. The van der Waals surface area contributed by atoms with Crippen LogP contribution >= 0.6 is 11.3 Å². The monoisotopic (exact) mass is 274 g/mol. The number of aromatic nitrogens is 2. The fraction of sp³-hybridized carbons (Fsp3) is 0.154. The first kappa shape index (κ1) is 11.9. The summed E-state index contributed by atoms with van der Waals surface area (Å²) < 4.78 is 5.60. The van der Waals surface area contributed by atoms with E-state index in [-0.39, 0.29) is 5.69 Å². The molecule has 0 bridgehead atoms. The molecule has 0 saturated carbocycles. The van der Waals surface area contributed by atoms with E-state index in [0.29, 0.717) is 17.3 Å². The zero-order valence-corrected chi connectivity index (χ0v) is 10.9. The van der Waals surface area contributed by atoms with Crippen molar-refractivity contribution in [2.75, 3.05) is 0 Å². The second kappa shape index (κ2) is 4.47. The molecule has 3 rings (SSSR count). The molecule has 0 atom stereocenters. The molecule has 0 spiro atoms. The molecule has 0 aliphatic rings. The topological polar surface area (TPSA) is 76.2 Å². The standard InChI is InChI=1S/C13H10N2O3S/c1-7-2-3-10-8(4-7)14-11(18-10)5-12-15-9(6-19-12)13(16)17/h2-4,6H,5H2,1H3,(H,16,17). The third-order valence-corrected chi connectivity index (χ3v) is 3.51. The van der Waals surface area contributed by atoms with Crippen molar-refractivity contribution in [3.8, 4) is 0 Å². The van der Waals surface area contributed by atoms with Gasteiger partial charge in [0.25, 0.3) is 0 Å². The molecule has 0 radical (unpaired) electrons. The summed E-state index contributed by atoms with van der Waals surface area (Å²) in [5, 5.41) is 11.0. The van der Waals surface area contributed by atoms with Crippen LogP contribution in [0.5, 0.6) is 0 Å². The van der Waals surface area contributed by atoms with Crippen LogP contribution in [-0.4, -0.2) is 21.0 Å². The predicted molar refractivity (Wildman–Crippen MR) is 70.6 cm³/mol. The highest BCUT2D eigenvalue weighted by Gasteiger charge is 2.12. The highest BCUT2D eigenvalue weighted by molar-refractivity contribution is 7.09. The van der Waals surface area contributed by atoms with Gasteiger partial charge in [-0.2, -0.15) is 0 Å². The zero-order chi connectivity index (χ0) is 13.4. The van der Waals surface area contributed by atoms with Crippen LogP contribution in [0.15, 0.2) is 28.0 Å². The van der Waals surface area contributed by atoms with Gasteiger partial charge < -0.3 is 9.52 Å². The number of aromatic carboxylic acids is 1. The van der Waals surface area contributed by atoms with Gasteiger partial charge >= 0.3 is 5.97 Å². The van der Waals surface area contributed by atoms with Crippen LogP contribution in [0.1, 0.15) is 27.0 Å². The predicted octanol–water partition coefficient (Wildman–Crippen LogP) is 2.88. The van der Waals surface area contributed by atoms with Gasteiger partial charge in [-0.3, -0.25) is 0 Å². The quantitative estimate of drug-likeness (QED) is 0.794. The van der Waals surface area contributed by atoms with E-state index in [1.165, 1.54) is 16.7 Å². The van der Waals surface area contributed by atoms with Gasteiger partial charge in [0.2, 0.25) is 5.89 Å². The van der Waals surface area contributed by atoms with Crippen LogP contribution in [0.2, 0.25) is 0 Å². The summed E-state index contributed by atoms with van der Waals surface area (Å²) in [6.07, 6.45) is 0.408. The van der Waals surface area contributed by atoms with E-state index >= 15 is 0 Å². The molecular weight excluding hydrogens is 264 g/mol. The molecule has 0 fully saturated rings. The summed E-state index contributed by atoms with van der Waals surface area (Å²) in [5.41, 5.74) is 2.72. The summed E-state index contributed by atoms with van der Waals surface area (Å²) in [6, 6.07) is 5.79. The Kier molecular flexibility index (Phi) is 2.79. The lowest BCUT2D eigenvalue weighted by molar-refractivity contribution is 0.0691. The Hall–Kier alpha value is -2.21. The maximum atomic E-state index is 10.8. The number of hydrogen-bond donors (Lipinski definition) is 1. The van der Waals surface area contributed by atoms with E-state index in [2.05, 4.69) is 9.97 Å². The van der Waals surface area contributed by atoms with Crippen molar-refractivity contribution in [2.24, 2.45) is 0 Å². The van der Waals surface area contributed by atoms with Gasteiger partial charge in [-0.15, -0.1) is 11.3 Å². The first-order valence-electron chi connectivity index (χ1n) is 5.65. The minimum Gasteiger partial charge on any atom is -0.476 e. The number of benzene rings is 1. The lowest BCUT2D eigenvalue weighted by atomic mass is 10.2. The summed E-state index contributed by atoms with van der Waals surface area (Å²) in [7, 11) is 0. The molecule has 2 aromatic heterocycles. The van der Waals surface area contributed by atoms with Crippen LogP contribution < -0.4 is 0 Å². The molecule has 5 nitrogen and oxygen atoms in total. The minimum absolute atomic E-state index is 0.0620. The second-order valence-electron chi connectivity index (χ2n) is 4.19. The van der Waals surface area contributed by atoms with E-state index in [1.807, 2.05) is 25.1 Å². The number of aryl methyl sites for hydroxylation is 1. The van der Waals surface area contributed by atoms with Crippen LogP contribution in [0.25, 0.3) is 11.1 Å². The van der Waals surface area contributed by atoms with Crippen molar-refractivity contribution in [1.29, 1.82) is 0 Å². The smallest absolute Gasteiger partial charge is 0.355 e. The number of fused-ring (bicyclic) bond motifs is 1. The minimum atomic E-state index is -1.02. The van der Waals surface area contributed by atoms with Crippen molar-refractivity contribution in [1.82, 2.24) is 9.97 Å². The Balaban J connectivity index is 1.89. The normalized spacial score (nSPS) is 11.0. The van der Waals surface area contributed by atoms with Crippen LogP contribution in [0, 0.1) is 6.92 Å². The third-order valence-electron chi connectivity index (χ3n) is 2.66. The number of carboxylic acid groups (broad SMARTS) is 1. The van der Waals surface area contributed by atoms with Crippen LogP contribution in [-0.2, 0) is 6.42 Å². The van der Waals surface area contributed by atoms with Gasteiger partial charge in [0.1, 0.15) is 10.5 Å². The van der Waals surface area contributed by atoms with E-state index in [4.69, 9.17) is 9.52 Å². The Morgan fingerprint density at radius 2 is 2.26 bits per heavy atom. The highest BCUT2D eigenvalue weighted by Crippen LogP contribution is 2.20. The van der Waals surface area contributed by atoms with Crippen molar-refractivity contribution >= 4 is 28.4 Å². The number of rotatable bonds is 3. The van der Waals surface area contributed by atoms with Crippen LogP contribution in [0.3, 0.4) is 0 Å². The third kappa shape index (κ3) is 2.34. The highest BCUT2D eigenvalue weighted by atomic mass is 32.1. The molecule has 3 aromatic rings. The number of carboxylic acids is 1. The number of hydrogen-bond acceptors (Lipinski definition) is 5. The van der Waals surface area contributed by atoms with Gasteiger partial charge in [-0.25, -0.2) is 14.8 Å². The largest absolute Gasteiger partial charge is 0.476 e. The Morgan fingerprint density at radius 1 is 1.42 bits per heavy atom. The lowest BCUT2D eigenvalue weighted by Crippen LogP contribution is -1.97. The Morgan fingerprint density at radius 3 is 3.00 bits per heavy atom. The second-order valence-corrected chi connectivity index (χ2v) is 5.13. The molecule has 19 heavy (non-hydrogen) atoms. The molecule has 0 saturated heterocycles. The fourth-order valence-corrected chi connectivity index (χ4v) is 2.54. The molecule has 1 aromatic carbocycles. The lowest BCUT2D eigenvalue weighted by Gasteiger charge is -1.89. The van der Waals surface area contributed by atoms with Crippen LogP contribution in [0.4, 0.5) is 0 Å². The molecule has 0 unspecified atom stereocenters. The van der Waals surface area contributed by atoms with Crippen molar-refractivity contribution < 1.29 is 14.3 Å². The van der Waals surface area contributed by atoms with Gasteiger partial charge in [0, 0.05) is 5.38 Å². The van der Waals surface area contributed by atoms with E-state index in [9.17, 15) is 4.79 Å². The molecule has 96 valence electrons. The molecule has 1 N–H and O–H groups in total. The average Bonchev–Trinajstić information content (AvgIpc) is 2.95. The Labute approximate surface area is 112 Å². The number of nitrogens with zero attached hydrogens (tertiary/aromatic N) is 2. The maximum Gasteiger partial charge on any atom is 0.355 e. The fourth-order valence-electron chi connectivity index (χ4n) is 1.78. The first-order chi connectivity index (χ1) is 9.11. The zero-order valence-electron chi connectivity index (χ0n) is 10.1. The van der Waals surface area contributed by atoms with E-state index in [1.54, 1.807) is 0 Å². The van der Waals surface area contributed by atoms with E-state index < -0.39 is 5.97 Å². The molecule has 0 amide bonds. The number of carbonyl (C=O) groups is 1. The van der Waals surface area contributed by atoms with Gasteiger partial charge in [0.05, 0.1) is 6.42 Å². The van der Waals surface area contributed by atoms with Crippen molar-refractivity contribution in [3.05, 3.63) is 45.7 Å². The summed E-state index contributed by atoms with van der Waals surface area (Å²) in [5.74, 6) is -0.470. The number of oxazole rings is 1.